The van der Waals surface area contributed by atoms with Crippen LogP contribution in [0.1, 0.15) is 18.9 Å². The summed E-state index contributed by atoms with van der Waals surface area (Å²) in [6, 6.07) is 1.53. The van der Waals surface area contributed by atoms with Gasteiger partial charge in [0.05, 0.1) is 18.0 Å². The van der Waals surface area contributed by atoms with Crippen molar-refractivity contribution in [3.05, 3.63) is 27.1 Å². The second-order valence-corrected chi connectivity index (χ2v) is 4.17. The van der Waals surface area contributed by atoms with Gasteiger partial charge in [-0.15, -0.1) is 0 Å². The summed E-state index contributed by atoms with van der Waals surface area (Å²) in [7, 11) is 0. The molecule has 1 N–H and O–H groups in total. The predicted octanol–water partition coefficient (Wildman–Crippen LogP) is 1.70. The summed E-state index contributed by atoms with van der Waals surface area (Å²) in [5.41, 5.74) is 0.852. The molecule has 0 aliphatic rings. The Balaban J connectivity index is 2.22. The fourth-order valence-corrected chi connectivity index (χ4v) is 1.94. The van der Waals surface area contributed by atoms with Gasteiger partial charge in [0.2, 0.25) is 0 Å². The van der Waals surface area contributed by atoms with Gasteiger partial charge in [0.1, 0.15) is 0 Å². The molecule has 17 heavy (non-hydrogen) atoms. The van der Waals surface area contributed by atoms with Gasteiger partial charge in [-0.05, 0) is 12.5 Å². The van der Waals surface area contributed by atoms with Gasteiger partial charge in [0.25, 0.3) is 0 Å². The highest BCUT2D eigenvalue weighted by molar-refractivity contribution is 7.13. The van der Waals surface area contributed by atoms with E-state index in [1.54, 1.807) is 12.3 Å². The first-order chi connectivity index (χ1) is 8.13. The molecule has 7 heteroatoms. The van der Waals surface area contributed by atoms with E-state index in [4.69, 9.17) is 4.74 Å². The largest absolute Gasteiger partial charge is 0.466 e. The summed E-state index contributed by atoms with van der Waals surface area (Å²) in [4.78, 5) is 21.0. The second kappa shape index (κ2) is 6.97. The van der Waals surface area contributed by atoms with Crippen molar-refractivity contribution in [2.75, 3.05) is 13.2 Å². The van der Waals surface area contributed by atoms with Crippen LogP contribution in [0.25, 0.3) is 0 Å². The Hall–Kier alpha value is -1.47. The lowest BCUT2D eigenvalue weighted by Gasteiger charge is -2.02. The molecule has 94 valence electrons. The quantitative estimate of drug-likeness (QED) is 0.348. The molecule has 0 atom stereocenters. The number of hydrogen-bond donors (Lipinski definition) is 1. The normalized spacial score (nSPS) is 10.2. The van der Waals surface area contributed by atoms with E-state index in [0.717, 1.165) is 16.9 Å². The SMILES string of the molecule is CCOC(=O)CCNCc1csc([N+](=O)[O-])c1. The number of esters is 1. The monoisotopic (exact) mass is 258 g/mol. The highest BCUT2D eigenvalue weighted by atomic mass is 32.1. The molecule has 1 aromatic rings. The molecule has 0 aliphatic carbocycles. The second-order valence-electron chi connectivity index (χ2n) is 3.28. The van der Waals surface area contributed by atoms with Crippen LogP contribution in [0.4, 0.5) is 5.00 Å². The van der Waals surface area contributed by atoms with Gasteiger partial charge in [0.15, 0.2) is 0 Å². The summed E-state index contributed by atoms with van der Waals surface area (Å²) in [5.74, 6) is -0.240. The molecule has 0 saturated heterocycles. The zero-order valence-electron chi connectivity index (χ0n) is 9.47. The van der Waals surface area contributed by atoms with Crippen LogP contribution in [0.3, 0.4) is 0 Å². The zero-order chi connectivity index (χ0) is 12.7. The zero-order valence-corrected chi connectivity index (χ0v) is 10.3. The van der Waals surface area contributed by atoms with Crippen molar-refractivity contribution < 1.29 is 14.5 Å². The van der Waals surface area contributed by atoms with Crippen LogP contribution in [0.2, 0.25) is 0 Å². The summed E-state index contributed by atoms with van der Waals surface area (Å²) in [6.07, 6.45) is 0.306. The number of nitrogens with one attached hydrogen (secondary N) is 1. The summed E-state index contributed by atoms with van der Waals surface area (Å²) in [5, 5.41) is 15.3. The van der Waals surface area contributed by atoms with Gasteiger partial charge < -0.3 is 10.1 Å². The maximum absolute atomic E-state index is 11.0. The predicted molar refractivity (Wildman–Crippen MR) is 63.9 cm³/mol. The molecule has 1 aromatic heterocycles. The summed E-state index contributed by atoms with van der Waals surface area (Å²) in [6.45, 7) is 3.16. The third-order valence-electron chi connectivity index (χ3n) is 1.96. The maximum atomic E-state index is 11.0. The lowest BCUT2D eigenvalue weighted by molar-refractivity contribution is -0.380. The van der Waals surface area contributed by atoms with Gasteiger partial charge in [-0.1, -0.05) is 11.3 Å². The number of thiophene rings is 1. The van der Waals surface area contributed by atoms with Crippen molar-refractivity contribution in [2.24, 2.45) is 0 Å². The Morgan fingerprint density at radius 3 is 3.00 bits per heavy atom. The molecular formula is C10H14N2O4S. The smallest absolute Gasteiger partial charge is 0.324 e. The van der Waals surface area contributed by atoms with Crippen molar-refractivity contribution in [1.29, 1.82) is 0 Å². The fraction of sp³-hybridized carbons (Fsp3) is 0.500. The van der Waals surface area contributed by atoms with E-state index in [1.165, 1.54) is 6.07 Å². The summed E-state index contributed by atoms with van der Waals surface area (Å²) >= 11 is 1.10. The number of rotatable bonds is 7. The molecule has 0 radical (unpaired) electrons. The molecule has 0 fully saturated rings. The Kier molecular flexibility index (Phi) is 5.58. The standard InChI is InChI=1S/C10H14N2O4S/c1-2-16-10(13)3-4-11-6-8-5-9(12(14)15)17-7-8/h5,7,11H,2-4,6H2,1H3. The number of nitro groups is 1. The fourth-order valence-electron chi connectivity index (χ4n) is 1.21. The average Bonchev–Trinajstić information content (AvgIpc) is 2.73. The molecule has 1 rings (SSSR count). The summed E-state index contributed by atoms with van der Waals surface area (Å²) < 4.78 is 4.76. The van der Waals surface area contributed by atoms with E-state index >= 15 is 0 Å². The lowest BCUT2D eigenvalue weighted by Crippen LogP contribution is -2.18. The minimum Gasteiger partial charge on any atom is -0.466 e. The van der Waals surface area contributed by atoms with Gasteiger partial charge in [-0.25, -0.2) is 0 Å². The highest BCUT2D eigenvalue weighted by Crippen LogP contribution is 2.22. The topological polar surface area (TPSA) is 81.5 Å². The Morgan fingerprint density at radius 1 is 1.65 bits per heavy atom. The molecule has 0 saturated carbocycles. The maximum Gasteiger partial charge on any atom is 0.324 e. The first-order valence-corrected chi connectivity index (χ1v) is 6.09. The minimum absolute atomic E-state index is 0.132. The lowest BCUT2D eigenvalue weighted by atomic mass is 10.3. The first kappa shape index (κ1) is 13.6. The molecule has 0 aromatic carbocycles. The van der Waals surface area contributed by atoms with Crippen molar-refractivity contribution >= 4 is 22.3 Å². The van der Waals surface area contributed by atoms with Gasteiger partial charge >= 0.3 is 11.0 Å². The first-order valence-electron chi connectivity index (χ1n) is 5.21. The Labute approximate surface area is 103 Å². The van der Waals surface area contributed by atoms with Crippen molar-refractivity contribution in [2.45, 2.75) is 19.9 Å². The van der Waals surface area contributed by atoms with Crippen LogP contribution < -0.4 is 5.32 Å². The van der Waals surface area contributed by atoms with Crippen LogP contribution >= 0.6 is 11.3 Å². The minimum atomic E-state index is -0.410. The number of hydrogen-bond acceptors (Lipinski definition) is 6. The van der Waals surface area contributed by atoms with E-state index < -0.39 is 4.92 Å². The van der Waals surface area contributed by atoms with Crippen molar-refractivity contribution in [1.82, 2.24) is 5.32 Å². The molecule has 0 amide bonds. The highest BCUT2D eigenvalue weighted by Gasteiger charge is 2.09. The third-order valence-corrected chi connectivity index (χ3v) is 2.89. The van der Waals surface area contributed by atoms with Gasteiger partial charge in [0, 0.05) is 24.5 Å². The molecule has 6 nitrogen and oxygen atoms in total. The van der Waals surface area contributed by atoms with Crippen LogP contribution in [0.15, 0.2) is 11.4 Å². The van der Waals surface area contributed by atoms with Crippen LogP contribution in [-0.2, 0) is 16.1 Å². The van der Waals surface area contributed by atoms with Gasteiger partial charge in [-0.2, -0.15) is 0 Å². The van der Waals surface area contributed by atoms with E-state index in [1.807, 2.05) is 0 Å². The van der Waals surface area contributed by atoms with Crippen molar-refractivity contribution in [3.8, 4) is 0 Å². The number of carbonyl (C=O) groups excluding carboxylic acids is 1. The van der Waals surface area contributed by atoms with Crippen LogP contribution in [0, 0.1) is 10.1 Å². The molecule has 0 spiro atoms. The van der Waals surface area contributed by atoms with Crippen molar-refractivity contribution in [3.63, 3.8) is 0 Å². The Morgan fingerprint density at radius 2 is 2.41 bits per heavy atom. The number of ether oxygens (including phenoxy) is 1. The molecule has 0 aliphatic heterocycles. The molecule has 0 bridgehead atoms. The third kappa shape index (κ3) is 4.92. The Bertz CT molecular complexity index is 391. The molecular weight excluding hydrogens is 244 g/mol. The van der Waals surface area contributed by atoms with E-state index in [0.29, 0.717) is 26.1 Å². The number of carbonyl (C=O) groups is 1. The van der Waals surface area contributed by atoms with E-state index in [-0.39, 0.29) is 11.0 Å². The molecule has 1 heterocycles. The van der Waals surface area contributed by atoms with E-state index in [9.17, 15) is 14.9 Å². The molecule has 0 unspecified atom stereocenters. The average molecular weight is 258 g/mol. The van der Waals surface area contributed by atoms with Crippen LogP contribution in [-0.4, -0.2) is 24.0 Å². The van der Waals surface area contributed by atoms with Gasteiger partial charge in [-0.3, -0.25) is 14.9 Å². The van der Waals surface area contributed by atoms with E-state index in [2.05, 4.69) is 5.32 Å². The van der Waals surface area contributed by atoms with Crippen LogP contribution in [0.5, 0.6) is 0 Å². The number of nitrogens with zero attached hydrogens (tertiary/aromatic N) is 1.